The molecule has 2 aromatic rings. The number of aryl methyl sites for hydroxylation is 1. The first-order valence-electron chi connectivity index (χ1n) is 6.18. The van der Waals surface area contributed by atoms with Crippen molar-refractivity contribution in [1.82, 2.24) is 25.1 Å². The van der Waals surface area contributed by atoms with Crippen molar-refractivity contribution >= 4 is 0 Å². The maximum atomic E-state index is 4.57. The average molecular weight is 245 g/mol. The van der Waals surface area contributed by atoms with E-state index in [0.29, 0.717) is 0 Å². The van der Waals surface area contributed by atoms with E-state index in [1.165, 1.54) is 5.56 Å². The summed E-state index contributed by atoms with van der Waals surface area (Å²) in [5.74, 6) is 0.777. The maximum Gasteiger partial charge on any atom is 0.172 e. The van der Waals surface area contributed by atoms with Crippen LogP contribution in [0.4, 0.5) is 0 Å². The Morgan fingerprint density at radius 3 is 2.61 bits per heavy atom. The lowest BCUT2D eigenvalue weighted by Gasteiger charge is -2.06. The highest BCUT2D eigenvalue weighted by Crippen LogP contribution is 2.14. The van der Waals surface area contributed by atoms with E-state index >= 15 is 0 Å². The van der Waals surface area contributed by atoms with Crippen molar-refractivity contribution in [3.63, 3.8) is 0 Å². The summed E-state index contributed by atoms with van der Waals surface area (Å²) in [6.07, 6.45) is 3.53. The standard InChI is InChI=1S/C13H19N5/c1-5-14-6-12-7-15-8-13(16-12)18-11(4)9(2)10(3)17-18/h7-8,14H,5-6H2,1-4H3. The van der Waals surface area contributed by atoms with Gasteiger partial charge in [0.25, 0.3) is 0 Å². The molecule has 5 heteroatoms. The van der Waals surface area contributed by atoms with E-state index in [2.05, 4.69) is 34.2 Å². The van der Waals surface area contributed by atoms with Crippen molar-refractivity contribution in [3.8, 4) is 5.82 Å². The van der Waals surface area contributed by atoms with Crippen LogP contribution in [0.25, 0.3) is 5.82 Å². The molecule has 0 saturated heterocycles. The lowest BCUT2D eigenvalue weighted by Crippen LogP contribution is -2.14. The number of aromatic nitrogens is 4. The molecule has 0 aromatic carbocycles. The Hall–Kier alpha value is -1.75. The molecule has 0 amide bonds. The van der Waals surface area contributed by atoms with Gasteiger partial charge in [0.2, 0.25) is 0 Å². The summed E-state index contributed by atoms with van der Waals surface area (Å²) in [5.41, 5.74) is 4.28. The summed E-state index contributed by atoms with van der Waals surface area (Å²) in [6, 6.07) is 0. The number of nitrogens with one attached hydrogen (secondary N) is 1. The zero-order chi connectivity index (χ0) is 13.1. The van der Waals surface area contributed by atoms with Gasteiger partial charge in [-0.1, -0.05) is 6.92 Å². The Morgan fingerprint density at radius 2 is 2.00 bits per heavy atom. The summed E-state index contributed by atoms with van der Waals surface area (Å²) < 4.78 is 1.85. The van der Waals surface area contributed by atoms with Crippen LogP contribution in [-0.4, -0.2) is 26.3 Å². The smallest absolute Gasteiger partial charge is 0.172 e. The number of rotatable bonds is 4. The second-order valence-electron chi connectivity index (χ2n) is 4.36. The van der Waals surface area contributed by atoms with Crippen molar-refractivity contribution in [2.75, 3.05) is 6.54 Å². The summed E-state index contributed by atoms with van der Waals surface area (Å²) >= 11 is 0. The van der Waals surface area contributed by atoms with Crippen LogP contribution >= 0.6 is 0 Å². The van der Waals surface area contributed by atoms with Gasteiger partial charge < -0.3 is 5.32 Å². The van der Waals surface area contributed by atoms with Gasteiger partial charge in [0, 0.05) is 18.4 Å². The van der Waals surface area contributed by atoms with Gasteiger partial charge in [0.05, 0.1) is 17.6 Å². The third-order valence-electron chi connectivity index (χ3n) is 3.10. The summed E-state index contributed by atoms with van der Waals surface area (Å²) in [7, 11) is 0. The quantitative estimate of drug-likeness (QED) is 0.890. The molecule has 0 spiro atoms. The van der Waals surface area contributed by atoms with Gasteiger partial charge >= 0.3 is 0 Å². The van der Waals surface area contributed by atoms with Crippen LogP contribution in [0.3, 0.4) is 0 Å². The molecule has 0 atom stereocenters. The summed E-state index contributed by atoms with van der Waals surface area (Å²) in [6.45, 7) is 9.86. The van der Waals surface area contributed by atoms with Gasteiger partial charge in [-0.15, -0.1) is 0 Å². The molecule has 0 fully saturated rings. The normalized spacial score (nSPS) is 10.9. The third-order valence-corrected chi connectivity index (χ3v) is 3.10. The molecule has 2 heterocycles. The molecular weight excluding hydrogens is 226 g/mol. The Labute approximate surface area is 107 Å². The van der Waals surface area contributed by atoms with Crippen molar-refractivity contribution in [1.29, 1.82) is 0 Å². The largest absolute Gasteiger partial charge is 0.311 e. The topological polar surface area (TPSA) is 55.6 Å². The maximum absolute atomic E-state index is 4.57. The molecule has 2 aromatic heterocycles. The molecule has 1 N–H and O–H groups in total. The predicted octanol–water partition coefficient (Wildman–Crippen LogP) is 1.70. The Balaban J connectivity index is 2.35. The molecule has 0 bridgehead atoms. The molecule has 0 aliphatic rings. The van der Waals surface area contributed by atoms with E-state index in [0.717, 1.165) is 36.0 Å². The van der Waals surface area contributed by atoms with Gasteiger partial charge in [-0.3, -0.25) is 4.98 Å². The van der Waals surface area contributed by atoms with Crippen LogP contribution in [0, 0.1) is 20.8 Å². The fourth-order valence-electron chi connectivity index (χ4n) is 1.78. The number of hydrogen-bond acceptors (Lipinski definition) is 4. The minimum atomic E-state index is 0.732. The molecular formula is C13H19N5. The van der Waals surface area contributed by atoms with Gasteiger partial charge in [-0.05, 0) is 32.9 Å². The molecule has 2 rings (SSSR count). The van der Waals surface area contributed by atoms with Crippen LogP contribution in [0.2, 0.25) is 0 Å². The van der Waals surface area contributed by atoms with E-state index in [1.807, 2.05) is 18.5 Å². The van der Waals surface area contributed by atoms with Gasteiger partial charge in [0.1, 0.15) is 0 Å². The van der Waals surface area contributed by atoms with Crippen molar-refractivity contribution in [2.45, 2.75) is 34.2 Å². The molecule has 0 saturated carbocycles. The Morgan fingerprint density at radius 1 is 1.22 bits per heavy atom. The summed E-state index contributed by atoms with van der Waals surface area (Å²) in [4.78, 5) is 8.80. The minimum Gasteiger partial charge on any atom is -0.311 e. The van der Waals surface area contributed by atoms with E-state index in [-0.39, 0.29) is 0 Å². The number of nitrogens with zero attached hydrogens (tertiary/aromatic N) is 4. The zero-order valence-corrected chi connectivity index (χ0v) is 11.4. The van der Waals surface area contributed by atoms with Crippen LogP contribution in [0.5, 0.6) is 0 Å². The highest BCUT2D eigenvalue weighted by atomic mass is 15.3. The fraction of sp³-hybridized carbons (Fsp3) is 0.462. The fourth-order valence-corrected chi connectivity index (χ4v) is 1.78. The van der Waals surface area contributed by atoms with E-state index in [1.54, 1.807) is 12.4 Å². The average Bonchev–Trinajstić information content (AvgIpc) is 2.64. The highest BCUT2D eigenvalue weighted by molar-refractivity contribution is 5.30. The van der Waals surface area contributed by atoms with Gasteiger partial charge in [-0.25, -0.2) is 9.67 Å². The van der Waals surface area contributed by atoms with Crippen molar-refractivity contribution < 1.29 is 0 Å². The Bertz CT molecular complexity index is 544. The van der Waals surface area contributed by atoms with E-state index < -0.39 is 0 Å². The van der Waals surface area contributed by atoms with Crippen molar-refractivity contribution in [3.05, 3.63) is 35.0 Å². The van der Waals surface area contributed by atoms with Gasteiger partial charge in [0.15, 0.2) is 5.82 Å². The molecule has 96 valence electrons. The molecule has 0 unspecified atom stereocenters. The molecule has 0 aliphatic carbocycles. The first-order chi connectivity index (χ1) is 8.63. The van der Waals surface area contributed by atoms with Crippen LogP contribution < -0.4 is 5.32 Å². The van der Waals surface area contributed by atoms with E-state index in [4.69, 9.17) is 0 Å². The molecule has 5 nitrogen and oxygen atoms in total. The van der Waals surface area contributed by atoms with Crippen LogP contribution in [0.15, 0.2) is 12.4 Å². The SMILES string of the molecule is CCNCc1cncc(-n2nc(C)c(C)c2C)n1. The van der Waals surface area contributed by atoms with Gasteiger partial charge in [-0.2, -0.15) is 5.10 Å². The second-order valence-corrected chi connectivity index (χ2v) is 4.36. The second kappa shape index (κ2) is 5.27. The van der Waals surface area contributed by atoms with Crippen LogP contribution in [0.1, 0.15) is 29.6 Å². The monoisotopic (exact) mass is 245 g/mol. The molecule has 18 heavy (non-hydrogen) atoms. The lowest BCUT2D eigenvalue weighted by molar-refractivity contribution is 0.696. The molecule has 0 aliphatic heterocycles. The zero-order valence-electron chi connectivity index (χ0n) is 11.4. The summed E-state index contributed by atoms with van der Waals surface area (Å²) in [5, 5.41) is 7.74. The third kappa shape index (κ3) is 2.41. The van der Waals surface area contributed by atoms with E-state index in [9.17, 15) is 0 Å². The first kappa shape index (κ1) is 12.7. The molecule has 0 radical (unpaired) electrons. The predicted molar refractivity (Wildman–Crippen MR) is 70.7 cm³/mol. The first-order valence-corrected chi connectivity index (χ1v) is 6.18. The number of hydrogen-bond donors (Lipinski definition) is 1. The lowest BCUT2D eigenvalue weighted by atomic mass is 10.2. The Kier molecular flexibility index (Phi) is 3.72. The van der Waals surface area contributed by atoms with Crippen LogP contribution in [-0.2, 0) is 6.54 Å². The minimum absolute atomic E-state index is 0.732. The highest BCUT2D eigenvalue weighted by Gasteiger charge is 2.10. The van der Waals surface area contributed by atoms with Crippen molar-refractivity contribution in [2.24, 2.45) is 0 Å².